The van der Waals surface area contributed by atoms with Gasteiger partial charge in [-0.2, -0.15) is 0 Å². The number of rotatable bonds is 8. The van der Waals surface area contributed by atoms with E-state index in [-0.39, 0.29) is 17.8 Å². The third-order valence-electron chi connectivity index (χ3n) is 5.05. The quantitative estimate of drug-likeness (QED) is 0.718. The van der Waals surface area contributed by atoms with Gasteiger partial charge in [0.2, 0.25) is 0 Å². The Balaban J connectivity index is 1.85. The summed E-state index contributed by atoms with van der Waals surface area (Å²) in [5.41, 5.74) is 6.98. The van der Waals surface area contributed by atoms with Crippen molar-refractivity contribution in [2.24, 2.45) is 16.6 Å². The maximum atomic E-state index is 13.6. The Bertz CT molecular complexity index is 745. The number of hydrogen-bond acceptors (Lipinski definition) is 4. The number of aliphatic imine (C=N–C) groups is 1. The molecule has 0 aromatic heterocycles. The first-order valence-electron chi connectivity index (χ1n) is 9.68. The fraction of sp³-hybridized carbons (Fsp3) is 0.391. The van der Waals surface area contributed by atoms with Gasteiger partial charge in [0, 0.05) is 6.61 Å². The molecule has 142 valence electrons. The van der Waals surface area contributed by atoms with Crippen LogP contribution in [0.4, 0.5) is 0 Å². The molecule has 1 aliphatic heterocycles. The van der Waals surface area contributed by atoms with Crippen LogP contribution in [-0.2, 0) is 15.1 Å². The zero-order valence-electron chi connectivity index (χ0n) is 16.1. The van der Waals surface area contributed by atoms with E-state index in [9.17, 15) is 4.79 Å². The number of carbonyl (C=O) groups excluding carboxylic acids is 1. The van der Waals surface area contributed by atoms with Crippen LogP contribution in [0.25, 0.3) is 0 Å². The fourth-order valence-corrected chi connectivity index (χ4v) is 3.70. The third kappa shape index (κ3) is 3.96. The second kappa shape index (κ2) is 8.49. The summed E-state index contributed by atoms with van der Waals surface area (Å²) in [5.74, 6) is 0.170. The van der Waals surface area contributed by atoms with E-state index in [4.69, 9.17) is 15.5 Å². The highest BCUT2D eigenvalue weighted by molar-refractivity contribution is 6.14. The van der Waals surface area contributed by atoms with Crippen LogP contribution in [-0.4, -0.2) is 24.3 Å². The highest BCUT2D eigenvalue weighted by Crippen LogP contribution is 2.42. The Morgan fingerprint density at radius 3 is 2.07 bits per heavy atom. The first kappa shape index (κ1) is 19.3. The van der Waals surface area contributed by atoms with Crippen molar-refractivity contribution >= 4 is 11.6 Å². The Morgan fingerprint density at radius 1 is 1.00 bits per heavy atom. The molecular formula is C23H28N2O2. The minimum absolute atomic E-state index is 0.0715. The average molecular weight is 364 g/mol. The van der Waals surface area contributed by atoms with Crippen molar-refractivity contribution in [1.82, 2.24) is 0 Å². The summed E-state index contributed by atoms with van der Waals surface area (Å²) >= 11 is 0. The Hall–Kier alpha value is -2.46. The van der Waals surface area contributed by atoms with Gasteiger partial charge >= 0.3 is 0 Å². The van der Waals surface area contributed by atoms with Gasteiger partial charge in [0.1, 0.15) is 5.84 Å². The Morgan fingerprint density at radius 2 is 1.56 bits per heavy atom. The molecule has 4 heteroatoms. The van der Waals surface area contributed by atoms with Crippen LogP contribution in [0.5, 0.6) is 0 Å². The molecule has 0 saturated heterocycles. The lowest BCUT2D eigenvalue weighted by Gasteiger charge is -2.26. The SMILES string of the molecule is CC(C)OCCCCC1C(=O)C(c2ccccc2)(c2ccccc2)N=C1N. The van der Waals surface area contributed by atoms with Crippen LogP contribution < -0.4 is 5.73 Å². The summed E-state index contributed by atoms with van der Waals surface area (Å²) < 4.78 is 5.59. The molecule has 0 radical (unpaired) electrons. The zero-order valence-corrected chi connectivity index (χ0v) is 16.1. The van der Waals surface area contributed by atoms with Gasteiger partial charge < -0.3 is 10.5 Å². The number of ketones is 1. The number of benzene rings is 2. The van der Waals surface area contributed by atoms with Crippen molar-refractivity contribution in [3.63, 3.8) is 0 Å². The third-order valence-corrected chi connectivity index (χ3v) is 5.05. The molecule has 0 spiro atoms. The van der Waals surface area contributed by atoms with Crippen LogP contribution in [0.15, 0.2) is 65.7 Å². The van der Waals surface area contributed by atoms with Gasteiger partial charge in [-0.05, 0) is 44.2 Å². The molecule has 2 aromatic carbocycles. The van der Waals surface area contributed by atoms with E-state index < -0.39 is 5.54 Å². The second-order valence-corrected chi connectivity index (χ2v) is 7.31. The van der Waals surface area contributed by atoms with Crippen LogP contribution >= 0.6 is 0 Å². The second-order valence-electron chi connectivity index (χ2n) is 7.31. The lowest BCUT2D eigenvalue weighted by molar-refractivity contribution is -0.124. The summed E-state index contributed by atoms with van der Waals surface area (Å²) in [7, 11) is 0. The molecule has 0 bridgehead atoms. The summed E-state index contributed by atoms with van der Waals surface area (Å²) in [5, 5.41) is 0. The van der Waals surface area contributed by atoms with Crippen molar-refractivity contribution < 1.29 is 9.53 Å². The number of nitrogens with zero attached hydrogens (tertiary/aromatic N) is 1. The van der Waals surface area contributed by atoms with Crippen molar-refractivity contribution in [2.45, 2.75) is 44.8 Å². The monoisotopic (exact) mass is 364 g/mol. The molecular weight excluding hydrogens is 336 g/mol. The summed E-state index contributed by atoms with van der Waals surface area (Å²) in [6, 6.07) is 19.5. The van der Waals surface area contributed by atoms with E-state index in [1.54, 1.807) is 0 Å². The summed E-state index contributed by atoms with van der Waals surface area (Å²) in [6.07, 6.45) is 2.74. The number of carbonyl (C=O) groups is 1. The van der Waals surface area contributed by atoms with Gasteiger partial charge in [0.15, 0.2) is 11.3 Å². The molecule has 1 atom stereocenters. The predicted molar refractivity (Wildman–Crippen MR) is 109 cm³/mol. The van der Waals surface area contributed by atoms with E-state index in [1.165, 1.54) is 0 Å². The molecule has 0 fully saturated rings. The van der Waals surface area contributed by atoms with Crippen LogP contribution in [0.2, 0.25) is 0 Å². The average Bonchev–Trinajstić information content (AvgIpc) is 2.94. The lowest BCUT2D eigenvalue weighted by atomic mass is 9.77. The van der Waals surface area contributed by atoms with Gasteiger partial charge in [0.05, 0.1) is 12.0 Å². The topological polar surface area (TPSA) is 64.7 Å². The molecule has 2 N–H and O–H groups in total. The first-order chi connectivity index (χ1) is 13.1. The highest BCUT2D eigenvalue weighted by atomic mass is 16.5. The molecule has 1 heterocycles. The minimum atomic E-state index is -1.04. The maximum Gasteiger partial charge on any atom is 0.180 e. The molecule has 1 unspecified atom stereocenters. The predicted octanol–water partition coefficient (Wildman–Crippen LogP) is 4.08. The van der Waals surface area contributed by atoms with Crippen molar-refractivity contribution in [3.05, 3.63) is 71.8 Å². The van der Waals surface area contributed by atoms with E-state index in [0.29, 0.717) is 18.9 Å². The molecule has 0 amide bonds. The standard InChI is InChI=1S/C23H28N2O2/c1-17(2)27-16-10-9-15-20-21(26)23(25-22(20)24,18-11-5-3-6-12-18)19-13-7-4-8-14-19/h3-8,11-14,17,20H,9-10,15-16H2,1-2H3,(H2,24,25). The fourth-order valence-electron chi connectivity index (χ4n) is 3.70. The molecule has 27 heavy (non-hydrogen) atoms. The largest absolute Gasteiger partial charge is 0.387 e. The van der Waals surface area contributed by atoms with Gasteiger partial charge in [-0.1, -0.05) is 60.7 Å². The molecule has 0 saturated carbocycles. The van der Waals surface area contributed by atoms with Crippen molar-refractivity contribution in [3.8, 4) is 0 Å². The Labute approximate surface area is 161 Å². The maximum absolute atomic E-state index is 13.6. The minimum Gasteiger partial charge on any atom is -0.387 e. The van der Waals surface area contributed by atoms with Crippen molar-refractivity contribution in [1.29, 1.82) is 0 Å². The normalized spacial score (nSPS) is 18.7. The number of unbranched alkanes of at least 4 members (excludes halogenated alkanes) is 1. The molecule has 3 rings (SSSR count). The first-order valence-corrected chi connectivity index (χ1v) is 9.68. The molecule has 4 nitrogen and oxygen atoms in total. The van der Waals surface area contributed by atoms with E-state index in [1.807, 2.05) is 74.5 Å². The van der Waals surface area contributed by atoms with E-state index >= 15 is 0 Å². The summed E-state index contributed by atoms with van der Waals surface area (Å²) in [4.78, 5) is 18.3. The van der Waals surface area contributed by atoms with E-state index in [0.717, 1.165) is 24.0 Å². The number of nitrogens with two attached hydrogens (primary N) is 1. The lowest BCUT2D eigenvalue weighted by Crippen LogP contribution is -2.36. The molecule has 0 aliphatic carbocycles. The van der Waals surface area contributed by atoms with Crippen LogP contribution in [0, 0.1) is 5.92 Å². The molecule has 2 aromatic rings. The summed E-state index contributed by atoms with van der Waals surface area (Å²) in [6.45, 7) is 4.76. The van der Waals surface area contributed by atoms with Gasteiger partial charge in [0.25, 0.3) is 0 Å². The van der Waals surface area contributed by atoms with Crippen molar-refractivity contribution in [2.75, 3.05) is 6.61 Å². The van der Waals surface area contributed by atoms with E-state index in [2.05, 4.69) is 0 Å². The van der Waals surface area contributed by atoms with Gasteiger partial charge in [-0.15, -0.1) is 0 Å². The zero-order chi connectivity index (χ0) is 19.3. The number of hydrogen-bond donors (Lipinski definition) is 1. The van der Waals surface area contributed by atoms with Crippen LogP contribution in [0.1, 0.15) is 44.2 Å². The number of amidine groups is 1. The van der Waals surface area contributed by atoms with Gasteiger partial charge in [-0.25, -0.2) is 4.99 Å². The molecule has 1 aliphatic rings. The smallest absolute Gasteiger partial charge is 0.180 e. The van der Waals surface area contributed by atoms with Crippen LogP contribution in [0.3, 0.4) is 0 Å². The number of Topliss-reactive ketones (excluding diaryl/α,β-unsaturated/α-hetero) is 1. The highest BCUT2D eigenvalue weighted by Gasteiger charge is 2.50. The Kier molecular flexibility index (Phi) is 6.07. The number of ether oxygens (including phenoxy) is 1. The van der Waals surface area contributed by atoms with Gasteiger partial charge in [-0.3, -0.25) is 4.79 Å².